The van der Waals surface area contributed by atoms with Crippen LogP contribution in [-0.2, 0) is 11.3 Å². The normalized spacial score (nSPS) is 20.0. The van der Waals surface area contributed by atoms with Crippen LogP contribution in [0.5, 0.6) is 0 Å². The van der Waals surface area contributed by atoms with Gasteiger partial charge in [0.05, 0.1) is 4.92 Å². The van der Waals surface area contributed by atoms with Gasteiger partial charge in [0.2, 0.25) is 0 Å². The van der Waals surface area contributed by atoms with Gasteiger partial charge in [0.1, 0.15) is 5.78 Å². The van der Waals surface area contributed by atoms with Crippen molar-refractivity contribution in [1.82, 2.24) is 4.90 Å². The second-order valence-electron chi connectivity index (χ2n) is 5.80. The predicted molar refractivity (Wildman–Crippen MR) is 81.1 cm³/mol. The van der Waals surface area contributed by atoms with Gasteiger partial charge < -0.3 is 0 Å². The number of non-ortho nitro benzene ring substituents is 1. The van der Waals surface area contributed by atoms with Gasteiger partial charge in [-0.05, 0) is 31.9 Å². The van der Waals surface area contributed by atoms with Gasteiger partial charge in [-0.25, -0.2) is 0 Å². The number of rotatable bonds is 5. The number of hydrogen-bond acceptors (Lipinski definition) is 4. The number of Topliss-reactive ketones (excluding diaryl/α,β-unsaturated/α-hetero) is 1. The van der Waals surface area contributed by atoms with E-state index in [1.165, 1.54) is 12.8 Å². The first-order valence-corrected chi connectivity index (χ1v) is 7.53. The first kappa shape index (κ1) is 15.6. The monoisotopic (exact) mass is 290 g/mol. The largest absolute Gasteiger partial charge is 0.300 e. The van der Waals surface area contributed by atoms with Crippen molar-refractivity contribution >= 4 is 11.5 Å². The number of benzene rings is 1. The van der Waals surface area contributed by atoms with Crippen molar-refractivity contribution in [3.63, 3.8) is 0 Å². The van der Waals surface area contributed by atoms with E-state index in [0.717, 1.165) is 31.5 Å². The Kier molecular flexibility index (Phi) is 5.44. The number of nitro groups is 1. The summed E-state index contributed by atoms with van der Waals surface area (Å²) >= 11 is 0. The minimum atomic E-state index is -0.381. The molecule has 0 aliphatic carbocycles. The number of hydrogen-bond donors (Lipinski definition) is 0. The Balaban J connectivity index is 2.06. The van der Waals surface area contributed by atoms with Crippen LogP contribution in [0, 0.1) is 10.1 Å². The number of nitrogens with zero attached hydrogens (tertiary/aromatic N) is 2. The Labute approximate surface area is 125 Å². The van der Waals surface area contributed by atoms with Crippen LogP contribution in [0.15, 0.2) is 24.3 Å². The van der Waals surface area contributed by atoms with Crippen LogP contribution in [0.3, 0.4) is 0 Å². The van der Waals surface area contributed by atoms with Crippen molar-refractivity contribution in [2.45, 2.75) is 51.6 Å². The summed E-state index contributed by atoms with van der Waals surface area (Å²) in [5, 5.41) is 10.7. The summed E-state index contributed by atoms with van der Waals surface area (Å²) in [4.78, 5) is 24.1. The van der Waals surface area contributed by atoms with Crippen LogP contribution in [0.1, 0.15) is 44.6 Å². The van der Waals surface area contributed by atoms with Crippen molar-refractivity contribution in [3.8, 4) is 0 Å². The van der Waals surface area contributed by atoms with Gasteiger partial charge in [0, 0.05) is 31.1 Å². The second-order valence-corrected chi connectivity index (χ2v) is 5.80. The molecule has 1 saturated heterocycles. The molecule has 1 aromatic carbocycles. The zero-order valence-electron chi connectivity index (χ0n) is 12.5. The lowest BCUT2D eigenvalue weighted by atomic mass is 10.0. The maximum Gasteiger partial charge on any atom is 0.269 e. The van der Waals surface area contributed by atoms with Crippen LogP contribution < -0.4 is 0 Å². The average Bonchev–Trinajstić information content (AvgIpc) is 2.65. The highest BCUT2D eigenvalue weighted by atomic mass is 16.6. The van der Waals surface area contributed by atoms with E-state index in [2.05, 4.69) is 4.90 Å². The lowest BCUT2D eigenvalue weighted by Crippen LogP contribution is -2.35. The highest BCUT2D eigenvalue weighted by Gasteiger charge is 2.22. The molecule has 0 aromatic heterocycles. The molecular weight excluding hydrogens is 268 g/mol. The summed E-state index contributed by atoms with van der Waals surface area (Å²) in [6, 6.07) is 7.03. The first-order valence-electron chi connectivity index (χ1n) is 7.53. The zero-order chi connectivity index (χ0) is 15.2. The Bertz CT molecular complexity index is 499. The van der Waals surface area contributed by atoms with Crippen molar-refractivity contribution < 1.29 is 9.72 Å². The molecule has 0 saturated carbocycles. The van der Waals surface area contributed by atoms with Crippen molar-refractivity contribution in [2.75, 3.05) is 6.54 Å². The van der Waals surface area contributed by atoms with E-state index in [1.807, 2.05) is 12.1 Å². The molecule has 0 bridgehead atoms. The van der Waals surface area contributed by atoms with Gasteiger partial charge in [-0.15, -0.1) is 0 Å². The quantitative estimate of drug-likeness (QED) is 0.616. The Hall–Kier alpha value is -1.75. The number of carbonyl (C=O) groups excluding carboxylic acids is 1. The van der Waals surface area contributed by atoms with Crippen LogP contribution in [0.2, 0.25) is 0 Å². The van der Waals surface area contributed by atoms with Crippen LogP contribution in [-0.4, -0.2) is 28.2 Å². The Morgan fingerprint density at radius 1 is 1.29 bits per heavy atom. The number of nitro benzene ring substituents is 1. The summed E-state index contributed by atoms with van der Waals surface area (Å²) in [5.74, 6) is 0.232. The van der Waals surface area contributed by atoms with Gasteiger partial charge in [-0.1, -0.05) is 25.0 Å². The van der Waals surface area contributed by atoms with Crippen molar-refractivity contribution in [3.05, 3.63) is 39.9 Å². The average molecular weight is 290 g/mol. The fraction of sp³-hybridized carbons (Fsp3) is 0.562. The summed E-state index contributed by atoms with van der Waals surface area (Å²) in [6.45, 7) is 3.40. The zero-order valence-corrected chi connectivity index (χ0v) is 12.5. The Morgan fingerprint density at radius 3 is 2.62 bits per heavy atom. The van der Waals surface area contributed by atoms with Crippen LogP contribution in [0.4, 0.5) is 5.69 Å². The molecule has 5 heteroatoms. The minimum Gasteiger partial charge on any atom is -0.300 e. The lowest BCUT2D eigenvalue weighted by molar-refractivity contribution is -0.384. The van der Waals surface area contributed by atoms with Crippen LogP contribution >= 0.6 is 0 Å². The molecule has 0 spiro atoms. The number of carbonyl (C=O) groups is 1. The first-order chi connectivity index (χ1) is 10.1. The Morgan fingerprint density at radius 2 is 2.00 bits per heavy atom. The number of likely N-dealkylation sites (tertiary alicyclic amines) is 1. The predicted octanol–water partition coefficient (Wildman–Crippen LogP) is 3.32. The third kappa shape index (κ3) is 4.63. The molecule has 0 amide bonds. The van der Waals surface area contributed by atoms with E-state index < -0.39 is 0 Å². The maximum atomic E-state index is 11.4. The van der Waals surface area contributed by atoms with E-state index in [0.29, 0.717) is 12.5 Å². The molecule has 1 atom stereocenters. The summed E-state index contributed by atoms with van der Waals surface area (Å²) in [5.41, 5.74) is 1.19. The molecule has 1 aliphatic rings. The highest BCUT2D eigenvalue weighted by Crippen LogP contribution is 2.22. The van der Waals surface area contributed by atoms with Crippen molar-refractivity contribution in [2.24, 2.45) is 0 Å². The van der Waals surface area contributed by atoms with Crippen molar-refractivity contribution in [1.29, 1.82) is 0 Å². The van der Waals surface area contributed by atoms with Gasteiger partial charge in [-0.3, -0.25) is 19.8 Å². The summed E-state index contributed by atoms with van der Waals surface area (Å²) in [6.07, 6.45) is 5.21. The molecule has 114 valence electrons. The molecule has 0 N–H and O–H groups in total. The fourth-order valence-electron chi connectivity index (χ4n) is 2.97. The smallest absolute Gasteiger partial charge is 0.269 e. The molecule has 2 rings (SSSR count). The van der Waals surface area contributed by atoms with Crippen LogP contribution in [0.25, 0.3) is 0 Å². The van der Waals surface area contributed by atoms with Gasteiger partial charge >= 0.3 is 0 Å². The molecular formula is C16H22N2O3. The van der Waals surface area contributed by atoms with Gasteiger partial charge in [0.15, 0.2) is 0 Å². The molecule has 1 aromatic rings. The maximum absolute atomic E-state index is 11.4. The summed E-state index contributed by atoms with van der Waals surface area (Å²) < 4.78 is 0. The molecule has 1 heterocycles. The fourth-order valence-corrected chi connectivity index (χ4v) is 2.97. The molecule has 1 unspecified atom stereocenters. The third-order valence-corrected chi connectivity index (χ3v) is 4.05. The molecule has 0 radical (unpaired) electrons. The molecule has 1 fully saturated rings. The molecule has 1 aliphatic heterocycles. The molecule has 21 heavy (non-hydrogen) atoms. The lowest BCUT2D eigenvalue weighted by Gasteiger charge is -2.29. The standard InChI is InChI=1S/C16H22N2O3/c1-13(19)11-16-5-3-2-4-10-17(16)12-14-6-8-15(9-7-14)18(20)21/h6-9,16H,2-5,10-12H2,1H3. The minimum absolute atomic E-state index is 0.120. The highest BCUT2D eigenvalue weighted by molar-refractivity contribution is 5.76. The topological polar surface area (TPSA) is 63.5 Å². The second kappa shape index (κ2) is 7.31. The summed E-state index contributed by atoms with van der Waals surface area (Å²) in [7, 11) is 0. The van der Waals surface area contributed by atoms with E-state index in [9.17, 15) is 14.9 Å². The van der Waals surface area contributed by atoms with E-state index in [-0.39, 0.29) is 16.4 Å². The van der Waals surface area contributed by atoms with E-state index in [4.69, 9.17) is 0 Å². The molecule has 5 nitrogen and oxygen atoms in total. The SMILES string of the molecule is CC(=O)CC1CCCCCN1Cc1ccc([N+](=O)[O-])cc1. The van der Waals surface area contributed by atoms with Gasteiger partial charge in [-0.2, -0.15) is 0 Å². The third-order valence-electron chi connectivity index (χ3n) is 4.05. The van der Waals surface area contributed by atoms with E-state index >= 15 is 0 Å². The van der Waals surface area contributed by atoms with Gasteiger partial charge in [0.25, 0.3) is 5.69 Å². The van der Waals surface area contributed by atoms with E-state index in [1.54, 1.807) is 19.1 Å². The number of ketones is 1.